The molecule has 0 aromatic heterocycles. The van der Waals surface area contributed by atoms with E-state index in [4.69, 9.17) is 4.99 Å². The highest BCUT2D eigenvalue weighted by Gasteiger charge is 2.13. The Labute approximate surface area is 167 Å². The van der Waals surface area contributed by atoms with E-state index in [0.717, 1.165) is 32.8 Å². The zero-order chi connectivity index (χ0) is 18.5. The summed E-state index contributed by atoms with van der Waals surface area (Å²) < 4.78 is 1.08. The van der Waals surface area contributed by atoms with Crippen LogP contribution in [-0.4, -0.2) is 10.3 Å². The van der Waals surface area contributed by atoms with Crippen molar-refractivity contribution in [2.45, 2.75) is 11.5 Å². The number of nitrogens with one attached hydrogen (secondary N) is 1. The third-order valence-corrected chi connectivity index (χ3v) is 6.45. The van der Waals surface area contributed by atoms with Crippen LogP contribution in [0.2, 0.25) is 0 Å². The van der Waals surface area contributed by atoms with Crippen molar-refractivity contribution in [2.24, 2.45) is 4.99 Å². The van der Waals surface area contributed by atoms with Crippen LogP contribution in [0.15, 0.2) is 83.9 Å². The minimum Gasteiger partial charge on any atom is -0.322 e. The molecule has 4 rings (SSSR count). The van der Waals surface area contributed by atoms with Gasteiger partial charge in [-0.25, -0.2) is 4.99 Å². The molecular weight excluding hydrogens is 372 g/mol. The van der Waals surface area contributed by atoms with E-state index in [0.29, 0.717) is 5.56 Å². The van der Waals surface area contributed by atoms with Crippen molar-refractivity contribution in [3.63, 3.8) is 0 Å². The van der Waals surface area contributed by atoms with Gasteiger partial charge in [0.2, 0.25) is 0 Å². The van der Waals surface area contributed by atoms with Crippen molar-refractivity contribution in [2.75, 3.05) is 5.32 Å². The van der Waals surface area contributed by atoms with Crippen molar-refractivity contribution < 1.29 is 4.79 Å². The van der Waals surface area contributed by atoms with Gasteiger partial charge in [-0.15, -0.1) is 0 Å². The summed E-state index contributed by atoms with van der Waals surface area (Å²) in [4.78, 5) is 17.2. The largest absolute Gasteiger partial charge is 0.322 e. The maximum Gasteiger partial charge on any atom is 0.255 e. The maximum atomic E-state index is 12.5. The molecule has 1 aliphatic rings. The van der Waals surface area contributed by atoms with E-state index < -0.39 is 0 Å². The number of carbonyl (C=O) groups is 1. The van der Waals surface area contributed by atoms with Crippen LogP contribution in [0.1, 0.15) is 21.5 Å². The number of amides is 1. The summed E-state index contributed by atoms with van der Waals surface area (Å²) >= 11 is 3.49. The van der Waals surface area contributed by atoms with Gasteiger partial charge in [-0.1, -0.05) is 72.1 Å². The molecule has 1 amide bonds. The first-order valence-electron chi connectivity index (χ1n) is 8.65. The smallest absolute Gasteiger partial charge is 0.255 e. The van der Waals surface area contributed by atoms with E-state index in [1.54, 1.807) is 23.5 Å². The Morgan fingerprint density at radius 3 is 2.70 bits per heavy atom. The second-order valence-corrected chi connectivity index (χ2v) is 8.29. The van der Waals surface area contributed by atoms with E-state index in [9.17, 15) is 4.79 Å². The van der Waals surface area contributed by atoms with Crippen LogP contribution in [0.5, 0.6) is 0 Å². The molecule has 1 N–H and O–H groups in total. The number of fused-ring (bicyclic) bond motifs is 1. The fourth-order valence-electron chi connectivity index (χ4n) is 2.76. The van der Waals surface area contributed by atoms with Gasteiger partial charge in [-0.2, -0.15) is 0 Å². The van der Waals surface area contributed by atoms with Crippen molar-refractivity contribution in [1.29, 1.82) is 0 Å². The lowest BCUT2D eigenvalue weighted by atomic mass is 10.1. The number of para-hydroxylation sites is 2. The van der Waals surface area contributed by atoms with Gasteiger partial charge in [0.25, 0.3) is 5.91 Å². The third-order valence-electron chi connectivity index (χ3n) is 4.14. The summed E-state index contributed by atoms with van der Waals surface area (Å²) in [7, 11) is 0. The Hall–Kier alpha value is -2.50. The lowest BCUT2D eigenvalue weighted by Gasteiger charge is -2.14. The van der Waals surface area contributed by atoms with Crippen LogP contribution in [0.3, 0.4) is 0 Å². The van der Waals surface area contributed by atoms with Gasteiger partial charge < -0.3 is 5.32 Å². The fraction of sp³-hybridized carbons (Fsp3) is 0.0909. The maximum absolute atomic E-state index is 12.5. The Bertz CT molecular complexity index is 986. The number of carbonyl (C=O) groups excluding carboxylic acids is 1. The molecule has 3 aromatic rings. The standard InChI is InChI=1S/C22H18N2OS2/c25-21(23-19-10-2-1-3-11-19)17-9-6-7-16(13-17)14-26-22-24-20-12-5-4-8-18(20)15-27-22/h1-13H,14-15H2,(H,23,25). The van der Waals surface area contributed by atoms with Gasteiger partial charge >= 0.3 is 0 Å². The van der Waals surface area contributed by atoms with Gasteiger partial charge in [0, 0.05) is 22.8 Å². The normalized spacial score (nSPS) is 12.8. The van der Waals surface area contributed by atoms with E-state index in [1.165, 1.54) is 5.56 Å². The molecule has 0 fully saturated rings. The molecule has 0 atom stereocenters. The predicted molar refractivity (Wildman–Crippen MR) is 117 cm³/mol. The number of thioether (sulfide) groups is 2. The molecule has 0 aliphatic carbocycles. The molecule has 1 aliphatic heterocycles. The number of rotatable bonds is 4. The van der Waals surface area contributed by atoms with Crippen molar-refractivity contribution in [3.8, 4) is 0 Å². The van der Waals surface area contributed by atoms with Crippen LogP contribution in [0.25, 0.3) is 0 Å². The summed E-state index contributed by atoms with van der Waals surface area (Å²) in [6.45, 7) is 0. The average molecular weight is 391 g/mol. The molecule has 0 spiro atoms. The minimum atomic E-state index is -0.0913. The number of nitrogens with zero attached hydrogens (tertiary/aromatic N) is 1. The molecule has 0 saturated carbocycles. The highest BCUT2D eigenvalue weighted by molar-refractivity contribution is 8.38. The summed E-state index contributed by atoms with van der Waals surface area (Å²) in [6.07, 6.45) is 0. The number of anilines is 1. The molecule has 0 radical (unpaired) electrons. The number of hydrogen-bond acceptors (Lipinski definition) is 4. The molecule has 0 saturated heterocycles. The minimum absolute atomic E-state index is 0.0913. The van der Waals surface area contributed by atoms with Gasteiger partial charge in [0.15, 0.2) is 0 Å². The average Bonchev–Trinajstić information content (AvgIpc) is 2.73. The van der Waals surface area contributed by atoms with Crippen LogP contribution in [0.4, 0.5) is 11.4 Å². The van der Waals surface area contributed by atoms with E-state index in [1.807, 2.05) is 60.7 Å². The van der Waals surface area contributed by atoms with Crippen LogP contribution in [-0.2, 0) is 11.5 Å². The molecule has 3 nitrogen and oxygen atoms in total. The van der Waals surface area contributed by atoms with Crippen LogP contribution >= 0.6 is 23.5 Å². The topological polar surface area (TPSA) is 41.5 Å². The second-order valence-electron chi connectivity index (χ2n) is 6.10. The van der Waals surface area contributed by atoms with E-state index in [2.05, 4.69) is 23.5 Å². The number of hydrogen-bond donors (Lipinski definition) is 1. The number of benzene rings is 3. The predicted octanol–water partition coefficient (Wildman–Crippen LogP) is 6.11. The molecule has 27 heavy (non-hydrogen) atoms. The zero-order valence-corrected chi connectivity index (χ0v) is 16.2. The van der Waals surface area contributed by atoms with Crippen LogP contribution < -0.4 is 5.32 Å². The monoisotopic (exact) mass is 390 g/mol. The van der Waals surface area contributed by atoms with Gasteiger partial charge in [0.1, 0.15) is 4.38 Å². The lowest BCUT2D eigenvalue weighted by molar-refractivity contribution is 0.102. The first-order chi connectivity index (χ1) is 13.3. The number of aliphatic imine (C=N–C) groups is 1. The highest BCUT2D eigenvalue weighted by Crippen LogP contribution is 2.35. The summed E-state index contributed by atoms with van der Waals surface area (Å²) in [6, 6.07) is 25.5. The zero-order valence-electron chi connectivity index (χ0n) is 14.6. The second kappa shape index (κ2) is 8.46. The first kappa shape index (κ1) is 17.9. The Morgan fingerprint density at radius 2 is 1.81 bits per heavy atom. The Morgan fingerprint density at radius 1 is 1.00 bits per heavy atom. The van der Waals surface area contributed by atoms with Gasteiger partial charge in [-0.05, 0) is 41.5 Å². The quantitative estimate of drug-likeness (QED) is 0.585. The Balaban J connectivity index is 1.41. The summed E-state index contributed by atoms with van der Waals surface area (Å²) in [5.41, 5.74) is 4.93. The van der Waals surface area contributed by atoms with Crippen LogP contribution in [0, 0.1) is 0 Å². The molecule has 134 valence electrons. The fourth-order valence-corrected chi connectivity index (χ4v) is 4.76. The van der Waals surface area contributed by atoms with E-state index >= 15 is 0 Å². The highest BCUT2D eigenvalue weighted by atomic mass is 32.2. The molecule has 3 aromatic carbocycles. The molecule has 0 bridgehead atoms. The SMILES string of the molecule is O=C(Nc1ccccc1)c1cccc(CSC2=Nc3ccccc3CS2)c1. The molecule has 5 heteroatoms. The molecule has 1 heterocycles. The van der Waals surface area contributed by atoms with Crippen molar-refractivity contribution >= 4 is 45.2 Å². The lowest BCUT2D eigenvalue weighted by Crippen LogP contribution is -2.11. The van der Waals surface area contributed by atoms with Crippen molar-refractivity contribution in [1.82, 2.24) is 0 Å². The molecular formula is C22H18N2OS2. The first-order valence-corrected chi connectivity index (χ1v) is 10.6. The summed E-state index contributed by atoms with van der Waals surface area (Å²) in [5.74, 6) is 1.66. The van der Waals surface area contributed by atoms with Crippen molar-refractivity contribution in [3.05, 3.63) is 95.6 Å². The van der Waals surface area contributed by atoms with E-state index in [-0.39, 0.29) is 5.91 Å². The van der Waals surface area contributed by atoms with Gasteiger partial charge in [-0.3, -0.25) is 4.79 Å². The molecule has 0 unspecified atom stereocenters. The summed E-state index contributed by atoms with van der Waals surface area (Å²) in [5, 5.41) is 2.93. The third kappa shape index (κ3) is 4.62. The van der Waals surface area contributed by atoms with Gasteiger partial charge in [0.05, 0.1) is 5.69 Å². The Kier molecular flexibility index (Phi) is 5.61.